The lowest BCUT2D eigenvalue weighted by Gasteiger charge is -2.06. The second-order valence-corrected chi connectivity index (χ2v) is 5.08. The quantitative estimate of drug-likeness (QED) is 0.728. The number of nitrogens with one attached hydrogen (secondary N) is 1. The Bertz CT molecular complexity index is 741. The molecule has 4 rings (SSSR count). The van der Waals surface area contributed by atoms with Crippen molar-refractivity contribution in [3.8, 4) is 5.75 Å². The number of rotatable bonds is 1. The van der Waals surface area contributed by atoms with E-state index in [9.17, 15) is 0 Å². The topological polar surface area (TPSA) is 37.9 Å². The van der Waals surface area contributed by atoms with Crippen LogP contribution in [0.5, 0.6) is 5.75 Å². The van der Waals surface area contributed by atoms with Gasteiger partial charge in [-0.25, -0.2) is 4.98 Å². The molecule has 4 heteroatoms. The van der Waals surface area contributed by atoms with E-state index in [2.05, 4.69) is 16.0 Å². The van der Waals surface area contributed by atoms with E-state index >= 15 is 0 Å². The molecular formula is C15H11ClN2O. The van der Waals surface area contributed by atoms with E-state index in [0.29, 0.717) is 5.02 Å². The van der Waals surface area contributed by atoms with E-state index in [-0.39, 0.29) is 6.10 Å². The van der Waals surface area contributed by atoms with Crippen molar-refractivity contribution >= 4 is 22.6 Å². The molecule has 94 valence electrons. The fraction of sp³-hybridized carbons (Fsp3) is 0.133. The van der Waals surface area contributed by atoms with E-state index in [1.165, 1.54) is 5.56 Å². The van der Waals surface area contributed by atoms with Crippen LogP contribution in [0.3, 0.4) is 0 Å². The van der Waals surface area contributed by atoms with Gasteiger partial charge in [0.15, 0.2) is 6.10 Å². The van der Waals surface area contributed by atoms with Crippen LogP contribution in [0.1, 0.15) is 17.5 Å². The highest BCUT2D eigenvalue weighted by atomic mass is 35.5. The summed E-state index contributed by atoms with van der Waals surface area (Å²) in [5.74, 6) is 1.78. The minimum atomic E-state index is -0.0548. The molecule has 0 fully saturated rings. The fourth-order valence-electron chi connectivity index (χ4n) is 2.50. The number of imidazole rings is 1. The Kier molecular flexibility index (Phi) is 2.29. The maximum Gasteiger partial charge on any atom is 0.160 e. The van der Waals surface area contributed by atoms with Gasteiger partial charge >= 0.3 is 0 Å². The van der Waals surface area contributed by atoms with Crippen LogP contribution < -0.4 is 4.74 Å². The third-order valence-electron chi connectivity index (χ3n) is 3.43. The first kappa shape index (κ1) is 10.9. The monoisotopic (exact) mass is 270 g/mol. The Hall–Kier alpha value is -2.00. The summed E-state index contributed by atoms with van der Waals surface area (Å²) in [5, 5.41) is 0.663. The van der Waals surface area contributed by atoms with Crippen molar-refractivity contribution in [2.45, 2.75) is 12.5 Å². The first-order valence-electron chi connectivity index (χ1n) is 6.20. The smallest absolute Gasteiger partial charge is 0.160 e. The molecule has 1 aliphatic rings. The molecule has 3 aromatic rings. The maximum absolute atomic E-state index is 6.14. The predicted molar refractivity (Wildman–Crippen MR) is 74.6 cm³/mol. The molecule has 3 nitrogen and oxygen atoms in total. The molecule has 0 bridgehead atoms. The van der Waals surface area contributed by atoms with Crippen LogP contribution in [-0.2, 0) is 6.42 Å². The number of benzene rings is 2. The Morgan fingerprint density at radius 2 is 2.05 bits per heavy atom. The highest BCUT2D eigenvalue weighted by molar-refractivity contribution is 6.34. The summed E-state index contributed by atoms with van der Waals surface area (Å²) >= 11 is 6.14. The standard InChI is InChI=1S/C15H11ClN2O/c16-10-5-3-6-11-14(10)18-15(17-11)13-8-9-4-1-2-7-12(9)19-13/h1-7,13H,8H2,(H,17,18). The highest BCUT2D eigenvalue weighted by Crippen LogP contribution is 2.36. The average molecular weight is 271 g/mol. The summed E-state index contributed by atoms with van der Waals surface area (Å²) in [7, 11) is 0. The summed E-state index contributed by atoms with van der Waals surface area (Å²) in [5.41, 5.74) is 2.97. The lowest BCUT2D eigenvalue weighted by molar-refractivity contribution is 0.229. The normalized spacial score (nSPS) is 17.4. The van der Waals surface area contributed by atoms with Gasteiger partial charge in [0, 0.05) is 6.42 Å². The molecule has 0 amide bonds. The molecule has 0 spiro atoms. The number of H-pyrrole nitrogens is 1. The molecule has 2 aromatic carbocycles. The van der Waals surface area contributed by atoms with Gasteiger partial charge in [0.1, 0.15) is 17.1 Å². The molecule has 1 atom stereocenters. The van der Waals surface area contributed by atoms with Crippen LogP contribution in [0.25, 0.3) is 11.0 Å². The zero-order valence-electron chi connectivity index (χ0n) is 10.1. The van der Waals surface area contributed by atoms with Gasteiger partial charge in [0.05, 0.1) is 10.5 Å². The fourth-order valence-corrected chi connectivity index (χ4v) is 2.72. The van der Waals surface area contributed by atoms with Gasteiger partial charge in [-0.3, -0.25) is 0 Å². The number of para-hydroxylation sites is 2. The van der Waals surface area contributed by atoms with E-state index in [1.54, 1.807) is 0 Å². The summed E-state index contributed by atoms with van der Waals surface area (Å²) in [6.07, 6.45) is 0.786. The lowest BCUT2D eigenvalue weighted by atomic mass is 10.1. The molecule has 2 heterocycles. The predicted octanol–water partition coefficient (Wildman–Crippen LogP) is 3.89. The number of halogens is 1. The van der Waals surface area contributed by atoms with Crippen molar-refractivity contribution < 1.29 is 4.74 Å². The van der Waals surface area contributed by atoms with E-state index < -0.39 is 0 Å². The summed E-state index contributed by atoms with van der Waals surface area (Å²) in [4.78, 5) is 7.86. The molecular weight excluding hydrogens is 260 g/mol. The SMILES string of the molecule is Clc1cccc2[nH]c(C3Cc4ccccc4O3)nc12. The number of aromatic amines is 1. The number of aromatic nitrogens is 2. The summed E-state index contributed by atoms with van der Waals surface area (Å²) < 4.78 is 5.93. The molecule has 0 radical (unpaired) electrons. The van der Waals surface area contributed by atoms with E-state index in [0.717, 1.165) is 29.0 Å². The lowest BCUT2D eigenvalue weighted by Crippen LogP contribution is -2.05. The van der Waals surface area contributed by atoms with Crippen LogP contribution in [0.15, 0.2) is 42.5 Å². The number of hydrogen-bond acceptors (Lipinski definition) is 2. The average Bonchev–Trinajstić information content (AvgIpc) is 3.02. The zero-order valence-corrected chi connectivity index (χ0v) is 10.8. The molecule has 0 saturated heterocycles. The van der Waals surface area contributed by atoms with Gasteiger partial charge in [-0.2, -0.15) is 0 Å². The molecule has 1 unspecified atom stereocenters. The van der Waals surface area contributed by atoms with E-state index in [4.69, 9.17) is 16.3 Å². The number of hydrogen-bond donors (Lipinski definition) is 1. The van der Waals surface area contributed by atoms with Crippen LogP contribution in [0, 0.1) is 0 Å². The first-order chi connectivity index (χ1) is 9.31. The highest BCUT2D eigenvalue weighted by Gasteiger charge is 2.26. The minimum absolute atomic E-state index is 0.0548. The number of ether oxygens (including phenoxy) is 1. The molecule has 0 saturated carbocycles. The Morgan fingerprint density at radius 3 is 2.89 bits per heavy atom. The van der Waals surface area contributed by atoms with Gasteiger partial charge in [-0.15, -0.1) is 0 Å². The third-order valence-corrected chi connectivity index (χ3v) is 3.74. The van der Waals surface area contributed by atoms with Crippen molar-refractivity contribution in [3.63, 3.8) is 0 Å². The van der Waals surface area contributed by atoms with Crippen molar-refractivity contribution in [1.29, 1.82) is 0 Å². The Labute approximate surface area is 115 Å². The maximum atomic E-state index is 6.14. The van der Waals surface area contributed by atoms with Crippen molar-refractivity contribution in [3.05, 3.63) is 58.9 Å². The number of fused-ring (bicyclic) bond motifs is 2. The molecule has 1 N–H and O–H groups in total. The van der Waals surface area contributed by atoms with Crippen LogP contribution in [-0.4, -0.2) is 9.97 Å². The summed E-state index contributed by atoms with van der Waals surface area (Å²) in [6, 6.07) is 13.8. The second-order valence-electron chi connectivity index (χ2n) is 4.68. The Morgan fingerprint density at radius 1 is 1.16 bits per heavy atom. The minimum Gasteiger partial charge on any atom is -0.482 e. The van der Waals surface area contributed by atoms with Gasteiger partial charge in [0.25, 0.3) is 0 Å². The van der Waals surface area contributed by atoms with Crippen LogP contribution in [0.2, 0.25) is 5.02 Å². The van der Waals surface area contributed by atoms with Gasteiger partial charge in [-0.05, 0) is 23.8 Å². The molecule has 19 heavy (non-hydrogen) atoms. The van der Waals surface area contributed by atoms with Crippen LogP contribution >= 0.6 is 11.6 Å². The number of nitrogens with zero attached hydrogens (tertiary/aromatic N) is 1. The third kappa shape index (κ3) is 1.70. The van der Waals surface area contributed by atoms with Gasteiger partial charge < -0.3 is 9.72 Å². The molecule has 0 aliphatic carbocycles. The van der Waals surface area contributed by atoms with E-state index in [1.807, 2.05) is 36.4 Å². The largest absolute Gasteiger partial charge is 0.482 e. The van der Waals surface area contributed by atoms with Gasteiger partial charge in [0.2, 0.25) is 0 Å². The second kappa shape index (κ2) is 4.00. The van der Waals surface area contributed by atoms with Crippen LogP contribution in [0.4, 0.5) is 0 Å². The Balaban J connectivity index is 1.75. The molecule has 1 aliphatic heterocycles. The van der Waals surface area contributed by atoms with Crippen molar-refractivity contribution in [2.75, 3.05) is 0 Å². The first-order valence-corrected chi connectivity index (χ1v) is 6.58. The van der Waals surface area contributed by atoms with Crippen molar-refractivity contribution in [2.24, 2.45) is 0 Å². The van der Waals surface area contributed by atoms with Gasteiger partial charge in [-0.1, -0.05) is 35.9 Å². The summed E-state index contributed by atoms with van der Waals surface area (Å²) in [6.45, 7) is 0. The molecule has 1 aromatic heterocycles. The van der Waals surface area contributed by atoms with Crippen molar-refractivity contribution in [1.82, 2.24) is 9.97 Å². The zero-order chi connectivity index (χ0) is 12.8.